The first-order chi connectivity index (χ1) is 8.53. The van der Waals surface area contributed by atoms with Crippen LogP contribution in [0.25, 0.3) is 0 Å². The number of nitrogens with one attached hydrogen (secondary N) is 1. The lowest BCUT2D eigenvalue weighted by atomic mass is 9.84. The number of halogens is 6. The van der Waals surface area contributed by atoms with Crippen LogP contribution in [0.3, 0.4) is 0 Å². The van der Waals surface area contributed by atoms with E-state index in [9.17, 15) is 31.1 Å². The van der Waals surface area contributed by atoms with Crippen molar-refractivity contribution in [2.24, 2.45) is 5.41 Å². The first-order valence-electron chi connectivity index (χ1n) is 5.67. The van der Waals surface area contributed by atoms with Crippen molar-refractivity contribution in [2.45, 2.75) is 25.7 Å². The smallest absolute Gasteiger partial charge is 0.333 e. The molecule has 1 N–H and O–H groups in total. The highest BCUT2D eigenvalue weighted by atomic mass is 19.4. The van der Waals surface area contributed by atoms with Crippen molar-refractivity contribution >= 4 is 5.91 Å². The number of alkyl halides is 6. The molecule has 1 rings (SSSR count). The van der Waals surface area contributed by atoms with Gasteiger partial charge in [0.25, 0.3) is 0 Å². The lowest BCUT2D eigenvalue weighted by molar-refractivity contribution is -0.226. The molecule has 0 saturated carbocycles. The molecule has 1 saturated heterocycles. The summed E-state index contributed by atoms with van der Waals surface area (Å²) in [5.74, 6) is -1.51. The highest BCUT2D eigenvalue weighted by molar-refractivity contribution is 5.84. The Morgan fingerprint density at radius 3 is 2.16 bits per heavy atom. The molecule has 112 valence electrons. The van der Waals surface area contributed by atoms with Crippen LogP contribution in [0.15, 0.2) is 0 Å². The molecule has 0 aliphatic carbocycles. The van der Waals surface area contributed by atoms with Crippen molar-refractivity contribution in [1.82, 2.24) is 10.2 Å². The van der Waals surface area contributed by atoms with Gasteiger partial charge in [-0.3, -0.25) is 4.79 Å². The first-order valence-corrected chi connectivity index (χ1v) is 5.67. The predicted molar refractivity (Wildman–Crippen MR) is 54.3 cm³/mol. The lowest BCUT2D eigenvalue weighted by Crippen LogP contribution is -2.55. The summed E-state index contributed by atoms with van der Waals surface area (Å²) in [5.41, 5.74) is -2.74. The SMILES string of the molecule is CCN(CC(F)(F)F)C(=O)C1(C(F)(F)F)CCNC1. The van der Waals surface area contributed by atoms with Gasteiger partial charge in [-0.2, -0.15) is 26.3 Å². The van der Waals surface area contributed by atoms with Crippen LogP contribution in [0, 0.1) is 5.41 Å². The first kappa shape index (κ1) is 16.1. The maximum atomic E-state index is 13.0. The van der Waals surface area contributed by atoms with E-state index in [4.69, 9.17) is 0 Å². The van der Waals surface area contributed by atoms with Gasteiger partial charge in [0.1, 0.15) is 6.54 Å². The van der Waals surface area contributed by atoms with E-state index in [0.29, 0.717) is 0 Å². The van der Waals surface area contributed by atoms with Crippen LogP contribution in [0.4, 0.5) is 26.3 Å². The van der Waals surface area contributed by atoms with E-state index in [1.54, 1.807) is 0 Å². The van der Waals surface area contributed by atoms with Gasteiger partial charge in [-0.1, -0.05) is 0 Å². The van der Waals surface area contributed by atoms with Crippen molar-refractivity contribution < 1.29 is 31.1 Å². The topological polar surface area (TPSA) is 32.3 Å². The molecule has 1 aliphatic heterocycles. The molecule has 0 aromatic heterocycles. The maximum absolute atomic E-state index is 13.0. The normalized spacial score (nSPS) is 24.6. The predicted octanol–water partition coefficient (Wildman–Crippen LogP) is 1.94. The third-order valence-electron chi connectivity index (χ3n) is 3.15. The maximum Gasteiger partial charge on any atom is 0.406 e. The molecule has 0 spiro atoms. The molecule has 0 aromatic carbocycles. The van der Waals surface area contributed by atoms with Gasteiger partial charge >= 0.3 is 12.4 Å². The van der Waals surface area contributed by atoms with Gasteiger partial charge in [-0.05, 0) is 19.9 Å². The van der Waals surface area contributed by atoms with Crippen molar-refractivity contribution in [1.29, 1.82) is 0 Å². The van der Waals surface area contributed by atoms with Crippen LogP contribution in [0.2, 0.25) is 0 Å². The molecule has 1 unspecified atom stereocenters. The van der Waals surface area contributed by atoms with Crippen LogP contribution >= 0.6 is 0 Å². The molecular weight excluding hydrogens is 278 g/mol. The summed E-state index contributed by atoms with van der Waals surface area (Å²) in [6.07, 6.45) is -10.1. The third-order valence-corrected chi connectivity index (χ3v) is 3.15. The fourth-order valence-electron chi connectivity index (χ4n) is 2.08. The Bertz CT molecular complexity index is 332. The number of nitrogens with zero attached hydrogens (tertiary/aromatic N) is 1. The van der Waals surface area contributed by atoms with Crippen LogP contribution < -0.4 is 5.32 Å². The second-order valence-corrected chi connectivity index (χ2v) is 4.44. The molecule has 1 atom stereocenters. The minimum Gasteiger partial charge on any atom is -0.333 e. The monoisotopic (exact) mass is 292 g/mol. The number of rotatable bonds is 3. The molecule has 1 aliphatic rings. The van der Waals surface area contributed by atoms with Gasteiger partial charge < -0.3 is 10.2 Å². The summed E-state index contributed by atoms with van der Waals surface area (Å²) in [7, 11) is 0. The summed E-state index contributed by atoms with van der Waals surface area (Å²) in [5, 5.41) is 2.39. The molecule has 1 fully saturated rings. The van der Waals surface area contributed by atoms with Crippen LogP contribution in [0.5, 0.6) is 0 Å². The summed E-state index contributed by atoms with van der Waals surface area (Å²) in [6, 6.07) is 0. The molecule has 0 bridgehead atoms. The van der Waals surface area contributed by atoms with Crippen LogP contribution in [0.1, 0.15) is 13.3 Å². The van der Waals surface area contributed by atoms with E-state index in [1.807, 2.05) is 0 Å². The number of carbonyl (C=O) groups excluding carboxylic acids is 1. The fraction of sp³-hybridized carbons (Fsp3) is 0.900. The highest BCUT2D eigenvalue weighted by Crippen LogP contribution is 2.44. The zero-order valence-corrected chi connectivity index (χ0v) is 10.2. The lowest BCUT2D eigenvalue weighted by Gasteiger charge is -2.35. The van der Waals surface area contributed by atoms with Crippen molar-refractivity contribution in [3.8, 4) is 0 Å². The van der Waals surface area contributed by atoms with Crippen LogP contribution in [-0.4, -0.2) is 49.3 Å². The molecule has 19 heavy (non-hydrogen) atoms. The zero-order valence-electron chi connectivity index (χ0n) is 10.2. The van der Waals surface area contributed by atoms with Gasteiger partial charge in [-0.25, -0.2) is 0 Å². The van der Waals surface area contributed by atoms with E-state index in [1.165, 1.54) is 6.92 Å². The molecule has 3 nitrogen and oxygen atoms in total. The molecule has 1 heterocycles. The van der Waals surface area contributed by atoms with Gasteiger partial charge in [-0.15, -0.1) is 0 Å². The fourth-order valence-corrected chi connectivity index (χ4v) is 2.08. The summed E-state index contributed by atoms with van der Waals surface area (Å²) >= 11 is 0. The second kappa shape index (κ2) is 5.18. The number of hydrogen-bond acceptors (Lipinski definition) is 2. The Labute approximate surface area is 105 Å². The molecule has 0 aromatic rings. The number of amides is 1. The zero-order chi connectivity index (χ0) is 14.9. The van der Waals surface area contributed by atoms with E-state index in [2.05, 4.69) is 5.32 Å². The van der Waals surface area contributed by atoms with Crippen molar-refractivity contribution in [3.63, 3.8) is 0 Å². The van der Waals surface area contributed by atoms with Crippen LogP contribution in [-0.2, 0) is 4.79 Å². The summed E-state index contributed by atoms with van der Waals surface area (Å²) in [4.78, 5) is 12.1. The summed E-state index contributed by atoms with van der Waals surface area (Å²) in [6.45, 7) is -1.59. The molecule has 1 amide bonds. The quantitative estimate of drug-likeness (QED) is 0.806. The van der Waals surface area contributed by atoms with Crippen molar-refractivity contribution in [3.05, 3.63) is 0 Å². The van der Waals surface area contributed by atoms with E-state index in [-0.39, 0.29) is 11.4 Å². The Morgan fingerprint density at radius 1 is 1.26 bits per heavy atom. The standard InChI is InChI=1S/C10H14F6N2O/c1-2-18(6-9(11,12)13)7(19)8(10(14,15)16)3-4-17-5-8/h17H,2-6H2,1H3. The van der Waals surface area contributed by atoms with Gasteiger partial charge in [0, 0.05) is 13.1 Å². The minimum absolute atomic E-state index is 0.0468. The highest BCUT2D eigenvalue weighted by Gasteiger charge is 2.62. The minimum atomic E-state index is -4.87. The second-order valence-electron chi connectivity index (χ2n) is 4.44. The molecule has 0 radical (unpaired) electrons. The number of hydrogen-bond donors (Lipinski definition) is 1. The van der Waals surface area contributed by atoms with Gasteiger partial charge in [0.15, 0.2) is 5.41 Å². The van der Waals surface area contributed by atoms with E-state index < -0.39 is 49.7 Å². The largest absolute Gasteiger partial charge is 0.406 e. The average molecular weight is 292 g/mol. The number of carbonyl (C=O) groups is 1. The van der Waals surface area contributed by atoms with E-state index in [0.717, 1.165) is 0 Å². The van der Waals surface area contributed by atoms with Gasteiger partial charge in [0.2, 0.25) is 5.91 Å². The Balaban J connectivity index is 3.00. The average Bonchev–Trinajstić information content (AvgIpc) is 2.73. The Kier molecular flexibility index (Phi) is 4.38. The summed E-state index contributed by atoms with van der Waals surface area (Å²) < 4.78 is 75.9. The Morgan fingerprint density at radius 2 is 1.84 bits per heavy atom. The van der Waals surface area contributed by atoms with Gasteiger partial charge in [0.05, 0.1) is 0 Å². The van der Waals surface area contributed by atoms with Crippen molar-refractivity contribution in [2.75, 3.05) is 26.2 Å². The van der Waals surface area contributed by atoms with E-state index >= 15 is 0 Å². The molecule has 9 heteroatoms. The third kappa shape index (κ3) is 3.31. The molecular formula is C10H14F6N2O. The Hall–Kier alpha value is -0.990.